The summed E-state index contributed by atoms with van der Waals surface area (Å²) in [5.74, 6) is 0.513. The molecular weight excluding hydrogens is 240 g/mol. The third-order valence-electron chi connectivity index (χ3n) is 3.81. The molecule has 2 rings (SSSR count). The largest absolute Gasteiger partial charge is 0.445 e. The Morgan fingerprint density at radius 2 is 2.11 bits per heavy atom. The minimum absolute atomic E-state index is 0.156. The van der Waals surface area contributed by atoms with Crippen LogP contribution in [-0.2, 0) is 11.3 Å². The number of carbonyl (C=O) groups excluding carboxylic acids is 1. The fraction of sp³-hybridized carbons (Fsp3) is 0.533. The summed E-state index contributed by atoms with van der Waals surface area (Å²) in [4.78, 5) is 11.7. The highest BCUT2D eigenvalue weighted by Gasteiger charge is 2.31. The summed E-state index contributed by atoms with van der Waals surface area (Å²) < 4.78 is 5.20. The first-order chi connectivity index (χ1) is 9.19. The molecule has 1 aromatic carbocycles. The van der Waals surface area contributed by atoms with Crippen LogP contribution in [0.5, 0.6) is 0 Å². The Hall–Kier alpha value is -1.55. The second kappa shape index (κ2) is 6.57. The minimum atomic E-state index is -0.349. The number of nitrogens with two attached hydrogens (primary N) is 1. The number of nitrogens with one attached hydrogen (secondary N) is 1. The first kappa shape index (κ1) is 13.9. The maximum absolute atomic E-state index is 11.7. The molecule has 0 aliphatic heterocycles. The Morgan fingerprint density at radius 1 is 1.37 bits per heavy atom. The van der Waals surface area contributed by atoms with Crippen LogP contribution in [0.1, 0.15) is 31.7 Å². The van der Waals surface area contributed by atoms with Crippen LogP contribution >= 0.6 is 0 Å². The lowest BCUT2D eigenvalue weighted by atomic mass is 10.0. The summed E-state index contributed by atoms with van der Waals surface area (Å²) in [6, 6.07) is 10.0. The van der Waals surface area contributed by atoms with Crippen molar-refractivity contribution in [3.63, 3.8) is 0 Å². The summed E-state index contributed by atoms with van der Waals surface area (Å²) in [5, 5.41) is 2.90. The molecule has 1 aromatic rings. The molecule has 0 saturated heterocycles. The molecule has 0 aromatic heterocycles. The lowest BCUT2D eigenvalue weighted by Crippen LogP contribution is -2.34. The van der Waals surface area contributed by atoms with Crippen LogP contribution in [-0.4, -0.2) is 18.2 Å². The van der Waals surface area contributed by atoms with Crippen LogP contribution in [0.25, 0.3) is 0 Å². The van der Waals surface area contributed by atoms with Gasteiger partial charge >= 0.3 is 6.09 Å². The molecule has 0 spiro atoms. The quantitative estimate of drug-likeness (QED) is 0.876. The average Bonchev–Trinajstić information content (AvgIpc) is 2.77. The van der Waals surface area contributed by atoms with E-state index in [2.05, 4.69) is 12.2 Å². The number of benzene rings is 1. The van der Waals surface area contributed by atoms with Crippen molar-refractivity contribution in [1.29, 1.82) is 0 Å². The van der Waals surface area contributed by atoms with Gasteiger partial charge in [-0.25, -0.2) is 4.79 Å². The van der Waals surface area contributed by atoms with Gasteiger partial charge in [-0.1, -0.05) is 43.7 Å². The molecule has 1 aliphatic carbocycles. The van der Waals surface area contributed by atoms with Crippen molar-refractivity contribution in [3.8, 4) is 0 Å². The van der Waals surface area contributed by atoms with Gasteiger partial charge in [0, 0.05) is 12.1 Å². The Labute approximate surface area is 114 Å². The number of rotatable bonds is 4. The van der Waals surface area contributed by atoms with Crippen LogP contribution in [0.15, 0.2) is 30.3 Å². The van der Waals surface area contributed by atoms with Gasteiger partial charge in [-0.15, -0.1) is 0 Å². The zero-order chi connectivity index (χ0) is 13.7. The molecule has 3 N–H and O–H groups in total. The maximum atomic E-state index is 11.7. The third-order valence-corrected chi connectivity index (χ3v) is 3.81. The van der Waals surface area contributed by atoms with Gasteiger partial charge in [-0.3, -0.25) is 0 Å². The second-order valence-electron chi connectivity index (χ2n) is 5.21. The SMILES string of the molecule is CC[C@@H]1CC(NC(=O)OCc2ccccc2)C[C@@H]1N. The van der Waals surface area contributed by atoms with Gasteiger partial charge in [-0.05, 0) is 24.3 Å². The molecule has 0 radical (unpaired) electrons. The monoisotopic (exact) mass is 262 g/mol. The van der Waals surface area contributed by atoms with Crippen molar-refractivity contribution in [1.82, 2.24) is 5.32 Å². The zero-order valence-corrected chi connectivity index (χ0v) is 11.3. The molecule has 19 heavy (non-hydrogen) atoms. The summed E-state index contributed by atoms with van der Waals surface area (Å²) >= 11 is 0. The zero-order valence-electron chi connectivity index (χ0n) is 11.3. The fourth-order valence-corrected chi connectivity index (χ4v) is 2.68. The van der Waals surface area contributed by atoms with Gasteiger partial charge in [0.25, 0.3) is 0 Å². The summed E-state index contributed by atoms with van der Waals surface area (Å²) in [7, 11) is 0. The van der Waals surface area contributed by atoms with Crippen LogP contribution in [0, 0.1) is 5.92 Å². The van der Waals surface area contributed by atoms with Gasteiger partial charge < -0.3 is 15.8 Å². The molecule has 1 aliphatic rings. The van der Waals surface area contributed by atoms with E-state index in [0.717, 1.165) is 24.8 Å². The number of alkyl carbamates (subject to hydrolysis) is 1. The first-order valence-electron chi connectivity index (χ1n) is 6.91. The average molecular weight is 262 g/mol. The van der Waals surface area contributed by atoms with Crippen molar-refractivity contribution in [2.45, 2.75) is 44.9 Å². The number of hydrogen-bond donors (Lipinski definition) is 2. The molecule has 104 valence electrons. The predicted molar refractivity (Wildman–Crippen MR) is 74.5 cm³/mol. The van der Waals surface area contributed by atoms with Gasteiger partial charge in [0.15, 0.2) is 0 Å². The normalized spacial score (nSPS) is 26.1. The van der Waals surface area contributed by atoms with Crippen LogP contribution in [0.3, 0.4) is 0 Å². The van der Waals surface area contributed by atoms with Crippen molar-refractivity contribution in [3.05, 3.63) is 35.9 Å². The number of amides is 1. The van der Waals surface area contributed by atoms with Gasteiger partial charge in [0.1, 0.15) is 6.61 Å². The molecule has 1 amide bonds. The van der Waals surface area contributed by atoms with Crippen LogP contribution in [0.2, 0.25) is 0 Å². The molecule has 3 atom stereocenters. The topological polar surface area (TPSA) is 64.3 Å². The van der Waals surface area contributed by atoms with Crippen LogP contribution in [0.4, 0.5) is 4.79 Å². The number of hydrogen-bond acceptors (Lipinski definition) is 3. The Balaban J connectivity index is 1.73. The van der Waals surface area contributed by atoms with Crippen LogP contribution < -0.4 is 11.1 Å². The van der Waals surface area contributed by atoms with Gasteiger partial charge in [-0.2, -0.15) is 0 Å². The van der Waals surface area contributed by atoms with E-state index in [-0.39, 0.29) is 18.2 Å². The van der Waals surface area contributed by atoms with Crippen molar-refractivity contribution in [2.24, 2.45) is 11.7 Å². The van der Waals surface area contributed by atoms with E-state index >= 15 is 0 Å². The summed E-state index contributed by atoms with van der Waals surface area (Å²) in [5.41, 5.74) is 7.02. The third kappa shape index (κ3) is 3.96. The molecule has 0 bridgehead atoms. The van der Waals surface area contributed by atoms with E-state index in [9.17, 15) is 4.79 Å². The highest BCUT2D eigenvalue weighted by Crippen LogP contribution is 2.27. The van der Waals surface area contributed by atoms with Gasteiger partial charge in [0.2, 0.25) is 0 Å². The molecule has 4 heteroatoms. The molecule has 1 saturated carbocycles. The Kier molecular flexibility index (Phi) is 4.80. The lowest BCUT2D eigenvalue weighted by molar-refractivity contribution is 0.135. The van der Waals surface area contributed by atoms with E-state index in [1.807, 2.05) is 30.3 Å². The van der Waals surface area contributed by atoms with Crippen molar-refractivity contribution < 1.29 is 9.53 Å². The molecule has 1 unspecified atom stereocenters. The highest BCUT2D eigenvalue weighted by atomic mass is 16.5. The van der Waals surface area contributed by atoms with E-state index in [1.165, 1.54) is 0 Å². The highest BCUT2D eigenvalue weighted by molar-refractivity contribution is 5.67. The maximum Gasteiger partial charge on any atom is 0.407 e. The standard InChI is InChI=1S/C15H22N2O2/c1-2-12-8-13(9-14(12)16)17-15(18)19-10-11-6-4-3-5-7-11/h3-7,12-14H,2,8-10,16H2,1H3,(H,17,18)/t12-,13?,14+/m1/s1. The lowest BCUT2D eigenvalue weighted by Gasteiger charge is -2.12. The first-order valence-corrected chi connectivity index (χ1v) is 6.91. The van der Waals surface area contributed by atoms with E-state index in [4.69, 9.17) is 10.5 Å². The molecule has 4 nitrogen and oxygen atoms in total. The van der Waals surface area contributed by atoms with Crippen molar-refractivity contribution >= 4 is 6.09 Å². The Bertz CT molecular complexity index is 408. The number of ether oxygens (including phenoxy) is 1. The Morgan fingerprint density at radius 3 is 2.74 bits per heavy atom. The minimum Gasteiger partial charge on any atom is -0.445 e. The van der Waals surface area contributed by atoms with Crippen molar-refractivity contribution in [2.75, 3.05) is 0 Å². The van der Waals surface area contributed by atoms with Gasteiger partial charge in [0.05, 0.1) is 0 Å². The fourth-order valence-electron chi connectivity index (χ4n) is 2.68. The summed E-state index contributed by atoms with van der Waals surface area (Å²) in [6.07, 6.45) is 2.52. The smallest absolute Gasteiger partial charge is 0.407 e. The molecule has 1 fully saturated rings. The number of carbonyl (C=O) groups is 1. The molecule has 0 heterocycles. The van der Waals surface area contributed by atoms with E-state index < -0.39 is 0 Å². The summed E-state index contributed by atoms with van der Waals surface area (Å²) in [6.45, 7) is 2.45. The predicted octanol–water partition coefficient (Wildman–Crippen LogP) is 2.43. The van der Waals surface area contributed by atoms with E-state index in [1.54, 1.807) is 0 Å². The van der Waals surface area contributed by atoms with E-state index in [0.29, 0.717) is 12.5 Å². The second-order valence-corrected chi connectivity index (χ2v) is 5.21. The molecular formula is C15H22N2O2.